The highest BCUT2D eigenvalue weighted by atomic mass is 79.9. The highest BCUT2D eigenvalue weighted by Crippen LogP contribution is 2.47. The molecule has 2 aromatic heterocycles. The SMILES string of the molecule is Brc1cc(N(c2ccccc2)c2ccc3c(c2)sc2ccccc23)c2sc3ccccc3c2c1. The van der Waals surface area contributed by atoms with Gasteiger partial charge in [0.25, 0.3) is 0 Å². The van der Waals surface area contributed by atoms with Gasteiger partial charge in [-0.2, -0.15) is 0 Å². The molecule has 0 saturated carbocycles. The first kappa shape index (κ1) is 20.2. The van der Waals surface area contributed by atoms with Gasteiger partial charge in [-0.25, -0.2) is 0 Å². The fourth-order valence-electron chi connectivity index (χ4n) is 4.80. The summed E-state index contributed by atoms with van der Waals surface area (Å²) in [5, 5.41) is 5.24. The Morgan fingerprint density at radius 2 is 1.15 bits per heavy atom. The highest BCUT2D eigenvalue weighted by molar-refractivity contribution is 9.10. The molecule has 0 unspecified atom stereocenters. The largest absolute Gasteiger partial charge is 0.309 e. The van der Waals surface area contributed by atoms with Crippen LogP contribution < -0.4 is 4.90 Å². The van der Waals surface area contributed by atoms with Gasteiger partial charge in [0.05, 0.1) is 10.4 Å². The predicted molar refractivity (Wildman–Crippen MR) is 155 cm³/mol. The molecule has 0 amide bonds. The number of para-hydroxylation sites is 1. The molecule has 1 nitrogen and oxygen atoms in total. The average Bonchev–Trinajstić information content (AvgIpc) is 3.43. The summed E-state index contributed by atoms with van der Waals surface area (Å²) in [4.78, 5) is 2.40. The number of anilines is 3. The molecule has 7 rings (SSSR count). The maximum Gasteiger partial charge on any atom is 0.0651 e. The van der Waals surface area contributed by atoms with Crippen molar-refractivity contribution in [3.05, 3.63) is 114 Å². The van der Waals surface area contributed by atoms with Crippen molar-refractivity contribution in [2.45, 2.75) is 0 Å². The molecule has 34 heavy (non-hydrogen) atoms. The zero-order chi connectivity index (χ0) is 22.6. The minimum atomic E-state index is 1.09. The first-order valence-electron chi connectivity index (χ1n) is 11.1. The Morgan fingerprint density at radius 3 is 1.94 bits per heavy atom. The maximum absolute atomic E-state index is 3.81. The molecule has 7 aromatic rings. The van der Waals surface area contributed by atoms with Crippen LogP contribution in [0.5, 0.6) is 0 Å². The van der Waals surface area contributed by atoms with E-state index in [0.717, 1.165) is 10.2 Å². The molecule has 162 valence electrons. The van der Waals surface area contributed by atoms with Gasteiger partial charge < -0.3 is 4.90 Å². The smallest absolute Gasteiger partial charge is 0.0651 e. The minimum Gasteiger partial charge on any atom is -0.309 e. The molecule has 0 aliphatic heterocycles. The lowest BCUT2D eigenvalue weighted by Crippen LogP contribution is -2.10. The summed E-state index contributed by atoms with van der Waals surface area (Å²) in [6.45, 7) is 0. The molecule has 0 aliphatic carbocycles. The normalized spacial score (nSPS) is 11.7. The molecule has 0 radical (unpaired) electrons. The summed E-state index contributed by atoms with van der Waals surface area (Å²) < 4.78 is 6.33. The van der Waals surface area contributed by atoms with Crippen molar-refractivity contribution in [1.82, 2.24) is 0 Å². The van der Waals surface area contributed by atoms with Crippen LogP contribution in [-0.2, 0) is 0 Å². The van der Waals surface area contributed by atoms with Crippen LogP contribution in [0.4, 0.5) is 17.1 Å². The molecule has 0 N–H and O–H groups in total. The van der Waals surface area contributed by atoms with Crippen molar-refractivity contribution in [2.24, 2.45) is 0 Å². The molecule has 4 heteroatoms. The molecular weight excluding hydrogens is 518 g/mol. The van der Waals surface area contributed by atoms with Gasteiger partial charge in [0.1, 0.15) is 0 Å². The topological polar surface area (TPSA) is 3.24 Å². The average molecular weight is 537 g/mol. The van der Waals surface area contributed by atoms with Gasteiger partial charge in [-0.1, -0.05) is 76.6 Å². The zero-order valence-electron chi connectivity index (χ0n) is 18.0. The number of hydrogen-bond donors (Lipinski definition) is 0. The Bertz CT molecular complexity index is 1830. The maximum atomic E-state index is 3.81. The molecule has 0 atom stereocenters. The Balaban J connectivity index is 1.53. The van der Waals surface area contributed by atoms with E-state index in [4.69, 9.17) is 0 Å². The summed E-state index contributed by atoms with van der Waals surface area (Å²) in [7, 11) is 0. The van der Waals surface area contributed by atoms with Crippen LogP contribution in [0.15, 0.2) is 114 Å². The first-order valence-corrected chi connectivity index (χ1v) is 13.6. The second-order valence-corrected chi connectivity index (χ2v) is 11.4. The van der Waals surface area contributed by atoms with Crippen LogP contribution in [0.1, 0.15) is 0 Å². The fraction of sp³-hybridized carbons (Fsp3) is 0. The van der Waals surface area contributed by atoms with E-state index in [1.54, 1.807) is 0 Å². The van der Waals surface area contributed by atoms with Gasteiger partial charge in [0, 0.05) is 51.5 Å². The Kier molecular flexibility index (Phi) is 4.73. The first-order chi connectivity index (χ1) is 16.8. The molecule has 2 heterocycles. The minimum absolute atomic E-state index is 1.09. The van der Waals surface area contributed by atoms with E-state index in [2.05, 4.69) is 130 Å². The van der Waals surface area contributed by atoms with Gasteiger partial charge >= 0.3 is 0 Å². The van der Waals surface area contributed by atoms with Crippen molar-refractivity contribution in [2.75, 3.05) is 4.90 Å². The van der Waals surface area contributed by atoms with Gasteiger partial charge in [-0.05, 0) is 48.5 Å². The van der Waals surface area contributed by atoms with E-state index in [1.165, 1.54) is 51.7 Å². The van der Waals surface area contributed by atoms with Crippen molar-refractivity contribution in [3.63, 3.8) is 0 Å². The molecule has 0 spiro atoms. The number of thiophene rings is 2. The molecule has 0 saturated heterocycles. The quantitative estimate of drug-likeness (QED) is 0.217. The van der Waals surface area contributed by atoms with Crippen molar-refractivity contribution < 1.29 is 0 Å². The lowest BCUT2D eigenvalue weighted by Gasteiger charge is -2.26. The van der Waals surface area contributed by atoms with Crippen LogP contribution in [0.3, 0.4) is 0 Å². The van der Waals surface area contributed by atoms with Crippen molar-refractivity contribution in [3.8, 4) is 0 Å². The Hall–Kier alpha value is -3.18. The number of nitrogens with zero attached hydrogens (tertiary/aromatic N) is 1. The van der Waals surface area contributed by atoms with Crippen LogP contribution in [0.2, 0.25) is 0 Å². The highest BCUT2D eigenvalue weighted by Gasteiger charge is 2.19. The Labute approximate surface area is 213 Å². The second-order valence-electron chi connectivity index (χ2n) is 8.35. The third kappa shape index (κ3) is 3.17. The molecule has 0 aliphatic rings. The van der Waals surface area contributed by atoms with E-state index < -0.39 is 0 Å². The van der Waals surface area contributed by atoms with Crippen LogP contribution in [0.25, 0.3) is 40.3 Å². The Morgan fingerprint density at radius 1 is 0.500 bits per heavy atom. The van der Waals surface area contributed by atoms with E-state index >= 15 is 0 Å². The number of hydrogen-bond acceptors (Lipinski definition) is 3. The van der Waals surface area contributed by atoms with Crippen molar-refractivity contribution in [1.29, 1.82) is 0 Å². The number of halogens is 1. The summed E-state index contributed by atoms with van der Waals surface area (Å²) in [6.07, 6.45) is 0. The van der Waals surface area contributed by atoms with Gasteiger partial charge in [0.2, 0.25) is 0 Å². The van der Waals surface area contributed by atoms with E-state index in [1.807, 2.05) is 22.7 Å². The van der Waals surface area contributed by atoms with E-state index in [-0.39, 0.29) is 0 Å². The fourth-order valence-corrected chi connectivity index (χ4v) is 7.57. The third-order valence-electron chi connectivity index (χ3n) is 6.30. The monoisotopic (exact) mass is 535 g/mol. The van der Waals surface area contributed by atoms with Gasteiger partial charge in [0.15, 0.2) is 0 Å². The van der Waals surface area contributed by atoms with E-state index in [9.17, 15) is 0 Å². The number of rotatable bonds is 3. The van der Waals surface area contributed by atoms with Crippen LogP contribution >= 0.6 is 38.6 Å². The molecule has 5 aromatic carbocycles. The zero-order valence-corrected chi connectivity index (χ0v) is 21.3. The number of benzene rings is 5. The summed E-state index contributed by atoms with van der Waals surface area (Å²) in [5.74, 6) is 0. The van der Waals surface area contributed by atoms with E-state index in [0.29, 0.717) is 0 Å². The predicted octanol–water partition coefficient (Wildman–Crippen LogP) is 10.7. The van der Waals surface area contributed by atoms with Gasteiger partial charge in [-0.3, -0.25) is 0 Å². The summed E-state index contributed by atoms with van der Waals surface area (Å²) >= 11 is 7.53. The second kappa shape index (κ2) is 7.95. The molecule has 0 fully saturated rings. The lowest BCUT2D eigenvalue weighted by atomic mass is 10.1. The van der Waals surface area contributed by atoms with Crippen LogP contribution in [-0.4, -0.2) is 0 Å². The standard InChI is InChI=1S/C30H18BrNS2/c31-19-16-25-23-11-5-7-13-28(23)34-30(25)26(17-19)32(20-8-2-1-3-9-20)21-14-15-24-22-10-4-6-12-27(22)33-29(24)18-21/h1-18H. The molecule has 0 bridgehead atoms. The third-order valence-corrected chi connectivity index (χ3v) is 9.10. The summed E-state index contributed by atoms with van der Waals surface area (Å²) in [6, 6.07) is 39.4. The number of fused-ring (bicyclic) bond motifs is 6. The molecular formula is C30H18BrNS2. The van der Waals surface area contributed by atoms with Gasteiger partial charge in [-0.15, -0.1) is 22.7 Å². The summed E-state index contributed by atoms with van der Waals surface area (Å²) in [5.41, 5.74) is 3.51. The van der Waals surface area contributed by atoms with Crippen molar-refractivity contribution >= 4 is 96.0 Å². The van der Waals surface area contributed by atoms with Crippen LogP contribution in [0, 0.1) is 0 Å². The lowest BCUT2D eigenvalue weighted by molar-refractivity contribution is 1.31.